The van der Waals surface area contributed by atoms with Gasteiger partial charge in [0.05, 0.1) is 20.4 Å². The minimum absolute atomic E-state index is 0.00478. The molecule has 1 aromatic heterocycles. The van der Waals surface area contributed by atoms with Crippen molar-refractivity contribution in [3.05, 3.63) is 42.0 Å². The number of aromatic nitrogens is 2. The first kappa shape index (κ1) is 19.6. The molecule has 0 radical (unpaired) electrons. The van der Waals surface area contributed by atoms with Crippen LogP contribution in [0.4, 0.5) is 5.82 Å². The zero-order valence-electron chi connectivity index (χ0n) is 16.2. The largest absolute Gasteiger partial charge is 0.502 e. The van der Waals surface area contributed by atoms with Gasteiger partial charge in [0, 0.05) is 18.1 Å². The van der Waals surface area contributed by atoms with Crippen molar-refractivity contribution in [2.75, 3.05) is 19.5 Å². The fourth-order valence-electron chi connectivity index (χ4n) is 2.87. The molecule has 2 aromatic rings. The number of nitrogens with zero attached hydrogens (tertiary/aromatic N) is 2. The second-order valence-corrected chi connectivity index (χ2v) is 6.58. The Kier molecular flexibility index (Phi) is 6.44. The van der Waals surface area contributed by atoms with Crippen molar-refractivity contribution in [1.29, 1.82) is 0 Å². The number of anilines is 1. The molecule has 0 amide bonds. The lowest BCUT2D eigenvalue weighted by atomic mass is 9.89. The highest BCUT2D eigenvalue weighted by molar-refractivity contribution is 5.76. The van der Waals surface area contributed by atoms with Crippen molar-refractivity contribution in [3.8, 4) is 17.2 Å². The summed E-state index contributed by atoms with van der Waals surface area (Å²) in [5.74, 6) is 1.87. The van der Waals surface area contributed by atoms with Gasteiger partial charge in [0.25, 0.3) is 0 Å². The van der Waals surface area contributed by atoms with Crippen molar-refractivity contribution in [2.24, 2.45) is 11.8 Å². The molecule has 0 saturated carbocycles. The molecule has 0 aliphatic heterocycles. The molecule has 0 aliphatic carbocycles. The van der Waals surface area contributed by atoms with Crippen molar-refractivity contribution in [3.63, 3.8) is 0 Å². The summed E-state index contributed by atoms with van der Waals surface area (Å²) in [7, 11) is 3.05. The Labute approximate surface area is 154 Å². The number of hydrogen-bond acceptors (Lipinski definition) is 6. The van der Waals surface area contributed by atoms with Gasteiger partial charge in [-0.2, -0.15) is 0 Å². The van der Waals surface area contributed by atoms with Gasteiger partial charge in [-0.3, -0.25) is 4.98 Å². The molecule has 26 heavy (non-hydrogen) atoms. The number of hydrogen-bond donors (Lipinski definition) is 2. The van der Waals surface area contributed by atoms with E-state index in [1.165, 1.54) is 14.2 Å². The number of nitrogens with one attached hydrogen (secondary N) is 1. The summed E-state index contributed by atoms with van der Waals surface area (Å²) in [6.45, 7) is 8.50. The van der Waals surface area contributed by atoms with E-state index in [-0.39, 0.29) is 17.6 Å². The lowest BCUT2D eigenvalue weighted by molar-refractivity contribution is 0.339. The standard InChI is InChI=1S/C20H27N3O3/c1-12(2)18(14-9-15(25-5)20(24)16(10-14)26-6)19(13(3)4)23-17-11-21-7-8-22-17/h7-13,24H,1-6H3,(H,22,23)/b19-18-. The molecule has 6 heteroatoms. The van der Waals surface area contributed by atoms with E-state index in [1.54, 1.807) is 18.6 Å². The molecule has 0 aliphatic rings. The molecule has 0 unspecified atom stereocenters. The summed E-state index contributed by atoms with van der Waals surface area (Å²) in [6.07, 6.45) is 4.99. The molecule has 2 rings (SSSR count). The maximum atomic E-state index is 10.2. The van der Waals surface area contributed by atoms with Gasteiger partial charge in [-0.1, -0.05) is 27.7 Å². The van der Waals surface area contributed by atoms with Crippen molar-refractivity contribution in [1.82, 2.24) is 9.97 Å². The van der Waals surface area contributed by atoms with E-state index >= 15 is 0 Å². The molecule has 0 bridgehead atoms. The van der Waals surface area contributed by atoms with Gasteiger partial charge in [-0.25, -0.2) is 4.98 Å². The Morgan fingerprint density at radius 3 is 2.04 bits per heavy atom. The van der Waals surface area contributed by atoms with Crippen LogP contribution in [0.25, 0.3) is 5.57 Å². The topological polar surface area (TPSA) is 76.5 Å². The van der Waals surface area contributed by atoms with Crippen molar-refractivity contribution < 1.29 is 14.6 Å². The molecule has 6 nitrogen and oxygen atoms in total. The van der Waals surface area contributed by atoms with E-state index < -0.39 is 0 Å². The first-order chi connectivity index (χ1) is 12.4. The Morgan fingerprint density at radius 1 is 1.00 bits per heavy atom. The van der Waals surface area contributed by atoms with Gasteiger partial charge >= 0.3 is 0 Å². The summed E-state index contributed by atoms with van der Waals surface area (Å²) < 4.78 is 10.6. The number of phenols is 1. The van der Waals surface area contributed by atoms with Crippen LogP contribution in [0.3, 0.4) is 0 Å². The normalized spacial score (nSPS) is 12.2. The second-order valence-electron chi connectivity index (χ2n) is 6.58. The van der Waals surface area contributed by atoms with Crippen LogP contribution < -0.4 is 14.8 Å². The number of benzene rings is 1. The lowest BCUT2D eigenvalue weighted by Gasteiger charge is -2.24. The van der Waals surface area contributed by atoms with Crippen LogP contribution in [0.2, 0.25) is 0 Å². The van der Waals surface area contributed by atoms with Crippen molar-refractivity contribution in [2.45, 2.75) is 27.7 Å². The van der Waals surface area contributed by atoms with Crippen LogP contribution in [-0.2, 0) is 0 Å². The third-order valence-corrected chi connectivity index (χ3v) is 4.06. The number of ether oxygens (including phenoxy) is 2. The van der Waals surface area contributed by atoms with E-state index in [2.05, 4.69) is 43.0 Å². The van der Waals surface area contributed by atoms with Gasteiger partial charge in [0.1, 0.15) is 5.82 Å². The maximum absolute atomic E-state index is 10.2. The fraction of sp³-hybridized carbons (Fsp3) is 0.400. The van der Waals surface area contributed by atoms with Crippen LogP contribution in [0.1, 0.15) is 33.3 Å². The molecule has 140 valence electrons. The summed E-state index contributed by atoms with van der Waals surface area (Å²) >= 11 is 0. The number of rotatable bonds is 7. The number of phenolic OH excluding ortho intramolecular Hbond substituents is 1. The monoisotopic (exact) mass is 357 g/mol. The van der Waals surface area contributed by atoms with Crippen LogP contribution in [0, 0.1) is 11.8 Å². The van der Waals surface area contributed by atoms with Gasteiger partial charge in [-0.15, -0.1) is 0 Å². The molecule has 0 fully saturated rings. The number of methoxy groups -OCH3 is 2. The molecular weight excluding hydrogens is 330 g/mol. The average Bonchev–Trinajstić information content (AvgIpc) is 2.62. The van der Waals surface area contributed by atoms with Gasteiger partial charge in [0.15, 0.2) is 11.5 Å². The average molecular weight is 357 g/mol. The van der Waals surface area contributed by atoms with Crippen LogP contribution in [-0.4, -0.2) is 29.3 Å². The minimum atomic E-state index is -0.00478. The highest BCUT2D eigenvalue weighted by atomic mass is 16.5. The highest BCUT2D eigenvalue weighted by Gasteiger charge is 2.20. The maximum Gasteiger partial charge on any atom is 0.200 e. The first-order valence-corrected chi connectivity index (χ1v) is 8.61. The Balaban J connectivity index is 2.66. The minimum Gasteiger partial charge on any atom is -0.502 e. The zero-order valence-corrected chi connectivity index (χ0v) is 16.2. The molecular formula is C20H27N3O3. The SMILES string of the molecule is COc1cc(/C(=C(\Nc2cnccn2)C(C)C)C(C)C)cc(OC)c1O. The van der Waals surface area contributed by atoms with E-state index in [0.717, 1.165) is 16.8 Å². The Hall–Kier alpha value is -2.76. The smallest absolute Gasteiger partial charge is 0.200 e. The Bertz CT molecular complexity index is 746. The molecule has 0 atom stereocenters. The molecule has 2 N–H and O–H groups in total. The summed E-state index contributed by atoms with van der Waals surface area (Å²) in [6, 6.07) is 3.65. The predicted molar refractivity (Wildman–Crippen MR) is 103 cm³/mol. The van der Waals surface area contributed by atoms with E-state index in [1.807, 2.05) is 12.1 Å². The molecule has 1 heterocycles. The lowest BCUT2D eigenvalue weighted by Crippen LogP contribution is -2.13. The molecule has 0 saturated heterocycles. The van der Waals surface area contributed by atoms with Gasteiger partial charge < -0.3 is 19.9 Å². The van der Waals surface area contributed by atoms with E-state index in [4.69, 9.17) is 9.47 Å². The number of allylic oxidation sites excluding steroid dienone is 2. The van der Waals surface area contributed by atoms with Crippen LogP contribution >= 0.6 is 0 Å². The zero-order chi connectivity index (χ0) is 19.3. The number of aromatic hydroxyl groups is 1. The fourth-order valence-corrected chi connectivity index (χ4v) is 2.87. The molecule has 0 spiro atoms. The Morgan fingerprint density at radius 2 is 1.62 bits per heavy atom. The summed E-state index contributed by atoms with van der Waals surface area (Å²) in [5.41, 5.74) is 3.06. The third-order valence-electron chi connectivity index (χ3n) is 4.06. The summed E-state index contributed by atoms with van der Waals surface area (Å²) in [4.78, 5) is 8.44. The van der Waals surface area contributed by atoms with Gasteiger partial charge in [0.2, 0.25) is 5.75 Å². The van der Waals surface area contributed by atoms with E-state index in [9.17, 15) is 5.11 Å². The highest BCUT2D eigenvalue weighted by Crippen LogP contribution is 2.41. The predicted octanol–water partition coefficient (Wildman–Crippen LogP) is 4.33. The first-order valence-electron chi connectivity index (χ1n) is 8.61. The summed E-state index contributed by atoms with van der Waals surface area (Å²) in [5, 5.41) is 13.6. The third kappa shape index (κ3) is 4.25. The van der Waals surface area contributed by atoms with Crippen LogP contribution in [0.15, 0.2) is 36.4 Å². The quantitative estimate of drug-likeness (QED) is 0.768. The second kappa shape index (κ2) is 8.56. The van der Waals surface area contributed by atoms with Gasteiger partial charge in [-0.05, 0) is 35.1 Å². The van der Waals surface area contributed by atoms with Crippen molar-refractivity contribution >= 4 is 11.4 Å². The van der Waals surface area contributed by atoms with Crippen LogP contribution in [0.5, 0.6) is 17.2 Å². The molecule has 1 aromatic carbocycles. The van der Waals surface area contributed by atoms with E-state index in [0.29, 0.717) is 17.3 Å².